The number of nitrogens with one attached hydrogen (secondary N) is 1. The summed E-state index contributed by atoms with van der Waals surface area (Å²) in [4.78, 5) is 26.5. The second-order valence-electron chi connectivity index (χ2n) is 4.08. The lowest BCUT2D eigenvalue weighted by Crippen LogP contribution is -2.15. The van der Waals surface area contributed by atoms with E-state index in [-0.39, 0.29) is 23.3 Å². The van der Waals surface area contributed by atoms with Crippen molar-refractivity contribution in [2.75, 3.05) is 0 Å². The lowest BCUT2D eigenvalue weighted by Gasteiger charge is -2.08. The van der Waals surface area contributed by atoms with Gasteiger partial charge in [0.1, 0.15) is 23.2 Å². The smallest absolute Gasteiger partial charge is 0.279 e. The zero-order chi connectivity index (χ0) is 14.8. The van der Waals surface area contributed by atoms with Crippen LogP contribution in [0, 0.1) is 0 Å². The Morgan fingerprint density at radius 1 is 1.19 bits per heavy atom. The first-order chi connectivity index (χ1) is 10.1. The number of fused-ring (bicyclic) bond motifs is 1. The normalized spacial score (nSPS) is 10.8. The van der Waals surface area contributed by atoms with E-state index in [9.17, 15) is 4.79 Å². The number of ether oxygens (including phenoxy) is 1. The molecular formula is C13H8Cl2N4O2. The molecule has 0 radical (unpaired) electrons. The van der Waals surface area contributed by atoms with E-state index in [1.165, 1.54) is 12.4 Å². The van der Waals surface area contributed by atoms with E-state index in [0.29, 0.717) is 21.6 Å². The summed E-state index contributed by atoms with van der Waals surface area (Å²) in [6.07, 6.45) is 2.90. The van der Waals surface area contributed by atoms with Gasteiger partial charge in [0.2, 0.25) is 0 Å². The Bertz CT molecular complexity index is 866. The number of rotatable bonds is 3. The van der Waals surface area contributed by atoms with Gasteiger partial charge in [-0.15, -0.1) is 0 Å². The van der Waals surface area contributed by atoms with Crippen molar-refractivity contribution in [1.29, 1.82) is 0 Å². The van der Waals surface area contributed by atoms with Crippen LogP contribution < -0.4 is 10.3 Å². The summed E-state index contributed by atoms with van der Waals surface area (Å²) in [7, 11) is 0. The lowest BCUT2D eigenvalue weighted by atomic mass is 10.3. The summed E-state index contributed by atoms with van der Waals surface area (Å²) in [5.41, 5.74) is 0.0722. The van der Waals surface area contributed by atoms with Gasteiger partial charge >= 0.3 is 0 Å². The first-order valence-corrected chi connectivity index (χ1v) is 6.67. The highest BCUT2D eigenvalue weighted by atomic mass is 35.5. The standard InChI is InChI=1S/C13H8Cl2N4O2/c14-7-2-1-3-8(10(7)15)21-6-9-18-12-11(13(20)19-9)16-4-5-17-12/h1-5H,6H2,(H,17,18,19,20). The Hall–Kier alpha value is -2.18. The van der Waals surface area contributed by atoms with Crippen LogP contribution in [-0.4, -0.2) is 19.9 Å². The monoisotopic (exact) mass is 322 g/mol. The molecular weight excluding hydrogens is 315 g/mol. The minimum Gasteiger partial charge on any atom is -0.484 e. The van der Waals surface area contributed by atoms with Crippen molar-refractivity contribution < 1.29 is 4.74 Å². The van der Waals surface area contributed by atoms with Crippen molar-refractivity contribution in [2.24, 2.45) is 0 Å². The van der Waals surface area contributed by atoms with Gasteiger partial charge in [0.15, 0.2) is 11.2 Å². The predicted octanol–water partition coefficient (Wildman–Crippen LogP) is 2.60. The Morgan fingerprint density at radius 2 is 2.00 bits per heavy atom. The summed E-state index contributed by atoms with van der Waals surface area (Å²) >= 11 is 11.9. The van der Waals surface area contributed by atoms with Crippen LogP contribution in [0.15, 0.2) is 35.4 Å². The molecule has 2 heterocycles. The van der Waals surface area contributed by atoms with Crippen LogP contribution in [0.3, 0.4) is 0 Å². The molecule has 0 atom stereocenters. The average Bonchev–Trinajstić information content (AvgIpc) is 2.49. The second-order valence-corrected chi connectivity index (χ2v) is 4.87. The highest BCUT2D eigenvalue weighted by molar-refractivity contribution is 6.42. The van der Waals surface area contributed by atoms with Gasteiger partial charge < -0.3 is 9.72 Å². The van der Waals surface area contributed by atoms with E-state index < -0.39 is 0 Å². The first-order valence-electron chi connectivity index (χ1n) is 5.92. The van der Waals surface area contributed by atoms with Crippen molar-refractivity contribution in [1.82, 2.24) is 19.9 Å². The largest absolute Gasteiger partial charge is 0.484 e. The molecule has 1 N–H and O–H groups in total. The molecule has 0 bridgehead atoms. The highest BCUT2D eigenvalue weighted by Crippen LogP contribution is 2.31. The zero-order valence-electron chi connectivity index (χ0n) is 10.5. The number of aromatic nitrogens is 4. The SMILES string of the molecule is O=c1[nH]c(COc2cccc(Cl)c2Cl)nc2nccnc12. The minimum atomic E-state index is -0.371. The molecule has 0 aliphatic rings. The molecule has 3 aromatic rings. The quantitative estimate of drug-likeness (QED) is 0.801. The maximum atomic E-state index is 11.8. The number of hydrogen-bond donors (Lipinski definition) is 1. The number of halogens is 2. The molecule has 0 fully saturated rings. The second kappa shape index (κ2) is 5.67. The van der Waals surface area contributed by atoms with Crippen molar-refractivity contribution in [2.45, 2.75) is 6.61 Å². The number of benzene rings is 1. The summed E-state index contributed by atoms with van der Waals surface area (Å²) in [5, 5.41) is 0.696. The Morgan fingerprint density at radius 3 is 2.86 bits per heavy atom. The molecule has 6 nitrogen and oxygen atoms in total. The van der Waals surface area contributed by atoms with E-state index in [4.69, 9.17) is 27.9 Å². The van der Waals surface area contributed by atoms with Crippen molar-refractivity contribution >= 4 is 34.4 Å². The van der Waals surface area contributed by atoms with Gasteiger partial charge in [-0.3, -0.25) is 4.79 Å². The summed E-state index contributed by atoms with van der Waals surface area (Å²) in [6.45, 7) is 0.0296. The fraction of sp³-hybridized carbons (Fsp3) is 0.0769. The van der Waals surface area contributed by atoms with Crippen LogP contribution in [0.2, 0.25) is 10.0 Å². The van der Waals surface area contributed by atoms with E-state index in [1.54, 1.807) is 18.2 Å². The third-order valence-corrected chi connectivity index (χ3v) is 3.47. The third kappa shape index (κ3) is 2.81. The topological polar surface area (TPSA) is 80.8 Å². The van der Waals surface area contributed by atoms with Gasteiger partial charge in [-0.1, -0.05) is 29.3 Å². The van der Waals surface area contributed by atoms with Crippen molar-refractivity contribution in [3.8, 4) is 5.75 Å². The molecule has 0 unspecified atom stereocenters. The maximum Gasteiger partial charge on any atom is 0.279 e. The molecule has 0 aliphatic carbocycles. The summed E-state index contributed by atoms with van der Waals surface area (Å²) in [6, 6.07) is 5.04. The fourth-order valence-electron chi connectivity index (χ4n) is 1.73. The maximum absolute atomic E-state index is 11.8. The van der Waals surface area contributed by atoms with Crippen LogP contribution >= 0.6 is 23.2 Å². The number of H-pyrrole nitrogens is 1. The van der Waals surface area contributed by atoms with Crippen LogP contribution in [0.5, 0.6) is 5.75 Å². The Balaban J connectivity index is 1.89. The predicted molar refractivity (Wildman–Crippen MR) is 78.7 cm³/mol. The van der Waals surface area contributed by atoms with E-state index in [1.807, 2.05) is 0 Å². The molecule has 3 rings (SSSR count). The Kier molecular flexibility index (Phi) is 3.72. The molecule has 21 heavy (non-hydrogen) atoms. The van der Waals surface area contributed by atoms with Gasteiger partial charge in [-0.25, -0.2) is 15.0 Å². The van der Waals surface area contributed by atoms with Gasteiger partial charge in [0, 0.05) is 12.4 Å². The van der Waals surface area contributed by atoms with Crippen LogP contribution in [0.1, 0.15) is 5.82 Å². The Labute approximate surface area is 128 Å². The molecule has 0 aliphatic heterocycles. The van der Waals surface area contributed by atoms with E-state index in [2.05, 4.69) is 19.9 Å². The molecule has 2 aromatic heterocycles. The lowest BCUT2D eigenvalue weighted by molar-refractivity contribution is 0.296. The van der Waals surface area contributed by atoms with Crippen LogP contribution in [0.4, 0.5) is 0 Å². The van der Waals surface area contributed by atoms with E-state index >= 15 is 0 Å². The number of nitrogens with zero attached hydrogens (tertiary/aromatic N) is 3. The van der Waals surface area contributed by atoms with Gasteiger partial charge in [-0.05, 0) is 12.1 Å². The van der Waals surface area contributed by atoms with Gasteiger partial charge in [0.05, 0.1) is 5.02 Å². The zero-order valence-corrected chi connectivity index (χ0v) is 12.0. The van der Waals surface area contributed by atoms with Crippen LogP contribution in [0.25, 0.3) is 11.2 Å². The molecule has 0 spiro atoms. The molecule has 1 aromatic carbocycles. The number of hydrogen-bond acceptors (Lipinski definition) is 5. The summed E-state index contributed by atoms with van der Waals surface area (Å²) < 4.78 is 5.51. The average molecular weight is 323 g/mol. The number of aromatic amines is 1. The van der Waals surface area contributed by atoms with Crippen LogP contribution in [-0.2, 0) is 6.61 Å². The molecule has 0 amide bonds. The summed E-state index contributed by atoms with van der Waals surface area (Å²) in [5.74, 6) is 0.732. The molecule has 8 heteroatoms. The van der Waals surface area contributed by atoms with Crippen molar-refractivity contribution in [3.63, 3.8) is 0 Å². The highest BCUT2D eigenvalue weighted by Gasteiger charge is 2.09. The molecule has 0 saturated carbocycles. The fourth-order valence-corrected chi connectivity index (χ4v) is 2.08. The minimum absolute atomic E-state index is 0.0296. The first kappa shape index (κ1) is 13.8. The van der Waals surface area contributed by atoms with Gasteiger partial charge in [0.25, 0.3) is 5.56 Å². The van der Waals surface area contributed by atoms with Gasteiger partial charge in [-0.2, -0.15) is 0 Å². The van der Waals surface area contributed by atoms with E-state index in [0.717, 1.165) is 0 Å². The third-order valence-electron chi connectivity index (χ3n) is 2.67. The molecule has 0 saturated heterocycles. The molecule has 106 valence electrons. The van der Waals surface area contributed by atoms with Crippen molar-refractivity contribution in [3.05, 3.63) is 56.8 Å².